The van der Waals surface area contributed by atoms with Gasteiger partial charge in [-0.1, -0.05) is 60.7 Å². The van der Waals surface area contributed by atoms with Crippen molar-refractivity contribution in [2.24, 2.45) is 0 Å². The highest BCUT2D eigenvalue weighted by Gasteiger charge is 2.64. The smallest absolute Gasteiger partial charge is 0.243 e. The van der Waals surface area contributed by atoms with Gasteiger partial charge in [-0.3, -0.25) is 4.90 Å². The van der Waals surface area contributed by atoms with Crippen molar-refractivity contribution in [2.45, 2.75) is 54.3 Å². The molecule has 196 valence electrons. The molecule has 38 heavy (non-hydrogen) atoms. The highest BCUT2D eigenvalue weighted by molar-refractivity contribution is 7.89. The SMILES string of the molecule is COc1ccc2c3c1O[C@H]1[C@H](N(C)Cc4ccccc4)CC=C4[C@@H](C2)N(S(=O)(=O)c2ccccc2)CC[C@]431. The van der Waals surface area contributed by atoms with Crippen LogP contribution in [0.3, 0.4) is 0 Å². The summed E-state index contributed by atoms with van der Waals surface area (Å²) >= 11 is 0. The standard InChI is InChI=1S/C31H32N2O4S/c1-32(20-21-9-5-3-6-10-21)25-15-14-24-26-19-22-13-16-27(36-2)29-28(22)31(24,30(25)37-29)17-18-33(26)38(34,35)23-11-7-4-8-12-23/h3-14,16,25-26,30H,15,17-20H2,1-2H3/t25-,26-,30+,31+/m1/s1. The fourth-order valence-corrected chi connectivity index (χ4v) is 9.08. The van der Waals surface area contributed by atoms with Gasteiger partial charge in [-0.2, -0.15) is 4.31 Å². The summed E-state index contributed by atoms with van der Waals surface area (Å²) in [6.45, 7) is 1.28. The van der Waals surface area contributed by atoms with Crippen LogP contribution in [0.15, 0.2) is 89.3 Å². The second-order valence-corrected chi connectivity index (χ2v) is 12.8. The minimum atomic E-state index is -3.64. The maximum atomic E-state index is 13.9. The van der Waals surface area contributed by atoms with E-state index in [0.717, 1.165) is 24.5 Å². The van der Waals surface area contributed by atoms with Gasteiger partial charge in [0.15, 0.2) is 11.5 Å². The molecule has 7 heteroatoms. The zero-order valence-corrected chi connectivity index (χ0v) is 22.5. The molecule has 2 aliphatic carbocycles. The van der Waals surface area contributed by atoms with E-state index in [-0.39, 0.29) is 23.6 Å². The molecule has 2 bridgehead atoms. The molecule has 4 aliphatic rings. The van der Waals surface area contributed by atoms with Gasteiger partial charge in [-0.15, -0.1) is 0 Å². The number of benzene rings is 3. The molecule has 7 rings (SSSR count). The predicted molar refractivity (Wildman–Crippen MR) is 146 cm³/mol. The van der Waals surface area contributed by atoms with Crippen molar-refractivity contribution in [3.05, 3.63) is 101 Å². The predicted octanol–water partition coefficient (Wildman–Crippen LogP) is 4.54. The van der Waals surface area contributed by atoms with Crippen LogP contribution in [-0.4, -0.2) is 56.5 Å². The Morgan fingerprint density at radius 1 is 1.05 bits per heavy atom. The van der Waals surface area contributed by atoms with Gasteiger partial charge >= 0.3 is 0 Å². The van der Waals surface area contributed by atoms with Crippen molar-refractivity contribution in [1.29, 1.82) is 0 Å². The first kappa shape index (κ1) is 23.9. The van der Waals surface area contributed by atoms with E-state index in [1.807, 2.05) is 18.2 Å². The van der Waals surface area contributed by atoms with Crippen LogP contribution < -0.4 is 9.47 Å². The summed E-state index contributed by atoms with van der Waals surface area (Å²) in [5.41, 5.74) is 4.51. The summed E-state index contributed by atoms with van der Waals surface area (Å²) in [7, 11) is 0.229. The van der Waals surface area contributed by atoms with Crippen LogP contribution in [0.5, 0.6) is 11.5 Å². The maximum absolute atomic E-state index is 13.9. The van der Waals surface area contributed by atoms with Gasteiger partial charge in [0.05, 0.1) is 29.5 Å². The highest BCUT2D eigenvalue weighted by atomic mass is 32.2. The second kappa shape index (κ2) is 8.70. The van der Waals surface area contributed by atoms with Crippen molar-refractivity contribution in [3.8, 4) is 11.5 Å². The number of hydrogen-bond acceptors (Lipinski definition) is 5. The quantitative estimate of drug-likeness (QED) is 0.440. The largest absolute Gasteiger partial charge is 0.493 e. The number of piperidine rings is 1. The summed E-state index contributed by atoms with van der Waals surface area (Å²) < 4.78 is 42.2. The third-order valence-corrected chi connectivity index (χ3v) is 11.0. The molecule has 0 aromatic heterocycles. The molecular formula is C31H32N2O4S. The van der Waals surface area contributed by atoms with Gasteiger partial charge in [-0.25, -0.2) is 8.42 Å². The topological polar surface area (TPSA) is 59.1 Å². The number of likely N-dealkylation sites (N-methyl/N-ethyl adjacent to an activating group) is 1. The Hall–Kier alpha value is -3.13. The number of hydrogen-bond donors (Lipinski definition) is 0. The average Bonchev–Trinajstić information content (AvgIpc) is 3.28. The van der Waals surface area contributed by atoms with Crippen molar-refractivity contribution < 1.29 is 17.9 Å². The van der Waals surface area contributed by atoms with Crippen LogP contribution in [0, 0.1) is 0 Å². The molecule has 1 spiro atoms. The lowest BCUT2D eigenvalue weighted by molar-refractivity contribution is 0.0248. The molecule has 1 fully saturated rings. The van der Waals surface area contributed by atoms with Crippen molar-refractivity contribution in [1.82, 2.24) is 9.21 Å². The average molecular weight is 529 g/mol. The molecule has 0 unspecified atom stereocenters. The third-order valence-electron chi connectivity index (χ3n) is 9.09. The van der Waals surface area contributed by atoms with E-state index >= 15 is 0 Å². The van der Waals surface area contributed by atoms with Gasteiger partial charge in [-0.05, 0) is 61.2 Å². The van der Waals surface area contributed by atoms with E-state index in [0.29, 0.717) is 24.3 Å². The Bertz CT molecular complexity index is 1520. The van der Waals surface area contributed by atoms with Crippen LogP contribution in [0.4, 0.5) is 0 Å². The maximum Gasteiger partial charge on any atom is 0.243 e. The molecule has 0 radical (unpaired) electrons. The third kappa shape index (κ3) is 3.28. The van der Waals surface area contributed by atoms with Crippen molar-refractivity contribution in [3.63, 3.8) is 0 Å². The van der Waals surface area contributed by atoms with Gasteiger partial charge in [0, 0.05) is 18.7 Å². The first-order chi connectivity index (χ1) is 18.4. The molecular weight excluding hydrogens is 496 g/mol. The summed E-state index contributed by atoms with van der Waals surface area (Å²) in [6, 6.07) is 23.4. The van der Waals surface area contributed by atoms with E-state index in [1.165, 1.54) is 22.3 Å². The molecule has 2 aliphatic heterocycles. The zero-order valence-electron chi connectivity index (χ0n) is 21.7. The first-order valence-corrected chi connectivity index (χ1v) is 14.8. The van der Waals surface area contributed by atoms with Crippen LogP contribution in [-0.2, 0) is 28.4 Å². The zero-order chi connectivity index (χ0) is 26.1. The summed E-state index contributed by atoms with van der Waals surface area (Å²) in [6.07, 6.45) is 4.38. The Kier molecular flexibility index (Phi) is 5.48. The number of sulfonamides is 1. The summed E-state index contributed by atoms with van der Waals surface area (Å²) in [5, 5.41) is 0. The summed E-state index contributed by atoms with van der Waals surface area (Å²) in [5.74, 6) is 1.60. The monoisotopic (exact) mass is 528 g/mol. The van der Waals surface area contributed by atoms with Gasteiger partial charge < -0.3 is 9.47 Å². The lowest BCUT2D eigenvalue weighted by atomic mass is 9.56. The van der Waals surface area contributed by atoms with Crippen molar-refractivity contribution in [2.75, 3.05) is 20.7 Å². The number of nitrogens with zero attached hydrogens (tertiary/aromatic N) is 2. The molecule has 0 N–H and O–H groups in total. The Balaban J connectivity index is 1.34. The van der Waals surface area contributed by atoms with Crippen LogP contribution in [0.2, 0.25) is 0 Å². The Morgan fingerprint density at radius 3 is 2.53 bits per heavy atom. The molecule has 3 aromatic carbocycles. The van der Waals surface area contributed by atoms with Gasteiger partial charge in [0.2, 0.25) is 10.0 Å². The van der Waals surface area contributed by atoms with Crippen LogP contribution in [0.1, 0.15) is 29.5 Å². The number of ether oxygens (including phenoxy) is 2. The van der Waals surface area contributed by atoms with E-state index in [9.17, 15) is 8.42 Å². The highest BCUT2D eigenvalue weighted by Crippen LogP contribution is 2.63. The summed E-state index contributed by atoms with van der Waals surface area (Å²) in [4.78, 5) is 2.75. The van der Waals surface area contributed by atoms with Crippen LogP contribution >= 0.6 is 0 Å². The number of rotatable bonds is 6. The normalized spacial score (nSPS) is 27.4. The fraction of sp³-hybridized carbons (Fsp3) is 0.355. The molecule has 0 amide bonds. The molecule has 2 heterocycles. The van der Waals surface area contributed by atoms with E-state index in [1.54, 1.807) is 35.7 Å². The number of methoxy groups -OCH3 is 1. The van der Waals surface area contributed by atoms with Crippen molar-refractivity contribution >= 4 is 10.0 Å². The van der Waals surface area contributed by atoms with E-state index in [2.05, 4.69) is 48.4 Å². The van der Waals surface area contributed by atoms with Gasteiger partial charge in [0.25, 0.3) is 0 Å². The Labute approximate surface area is 224 Å². The molecule has 4 atom stereocenters. The fourth-order valence-electron chi connectivity index (χ4n) is 7.46. The van der Waals surface area contributed by atoms with E-state index in [4.69, 9.17) is 9.47 Å². The van der Waals surface area contributed by atoms with E-state index < -0.39 is 10.0 Å². The van der Waals surface area contributed by atoms with Crippen LogP contribution in [0.25, 0.3) is 0 Å². The second-order valence-electron chi connectivity index (χ2n) is 10.9. The minimum Gasteiger partial charge on any atom is -0.493 e. The molecule has 0 saturated carbocycles. The Morgan fingerprint density at radius 2 is 1.79 bits per heavy atom. The molecule has 3 aromatic rings. The lowest BCUT2D eigenvalue weighted by Gasteiger charge is -2.55. The molecule has 1 saturated heterocycles. The lowest BCUT2D eigenvalue weighted by Crippen LogP contribution is -2.64. The first-order valence-electron chi connectivity index (χ1n) is 13.3. The van der Waals surface area contributed by atoms with Gasteiger partial charge in [0.1, 0.15) is 6.10 Å². The minimum absolute atomic E-state index is 0.106. The molecule has 6 nitrogen and oxygen atoms in total.